The molecule has 1 aliphatic heterocycles. The lowest BCUT2D eigenvalue weighted by molar-refractivity contribution is -0.162. The predicted molar refractivity (Wildman–Crippen MR) is 81.6 cm³/mol. The van der Waals surface area contributed by atoms with Gasteiger partial charge in [0.1, 0.15) is 0 Å². The molecule has 2 N–H and O–H groups in total. The Labute approximate surface area is 123 Å². The van der Waals surface area contributed by atoms with Crippen molar-refractivity contribution in [2.75, 3.05) is 0 Å². The van der Waals surface area contributed by atoms with E-state index in [2.05, 4.69) is 10.1 Å². The largest absolute Gasteiger partial charge is 0.478 e. The molecule has 1 aliphatic rings. The minimum atomic E-state index is -1.27. The van der Waals surface area contributed by atoms with E-state index in [1.807, 2.05) is 30.5 Å². The molecule has 106 valence electrons. The summed E-state index contributed by atoms with van der Waals surface area (Å²) in [5.41, 5.74) is 1.37. The number of oxime groups is 1. The molecule has 0 amide bonds. The van der Waals surface area contributed by atoms with Crippen LogP contribution in [0.4, 0.5) is 0 Å². The predicted octanol–water partition coefficient (Wildman–Crippen LogP) is 2.44. The normalized spacial score (nSPS) is 21.1. The first kappa shape index (κ1) is 14.5. The smallest absolute Gasteiger partial charge is 0.351 e. The van der Waals surface area contributed by atoms with Crippen LogP contribution in [-0.4, -0.2) is 27.4 Å². The monoisotopic (exact) mass is 292 g/mol. The average molecular weight is 292 g/mol. The van der Waals surface area contributed by atoms with E-state index in [4.69, 9.17) is 4.84 Å². The number of rotatable bonds is 3. The summed E-state index contributed by atoms with van der Waals surface area (Å²) in [5, 5.41) is 14.3. The molecule has 5 nitrogen and oxygen atoms in total. The van der Waals surface area contributed by atoms with Gasteiger partial charge in [-0.25, -0.2) is 4.79 Å². The van der Waals surface area contributed by atoms with E-state index < -0.39 is 11.6 Å². The maximum absolute atomic E-state index is 11.5. The van der Waals surface area contributed by atoms with Crippen LogP contribution in [0, 0.1) is 0 Å². The maximum Gasteiger partial charge on any atom is 0.351 e. The van der Waals surface area contributed by atoms with Crippen LogP contribution in [0.1, 0.15) is 18.9 Å². The zero-order valence-corrected chi connectivity index (χ0v) is 12.0. The number of aromatic nitrogens is 1. The molecule has 0 spiro atoms. The fraction of sp³-hybridized carbons (Fsp3) is 0.286. The highest BCUT2D eigenvalue weighted by Crippen LogP contribution is 2.31. The first-order valence-electron chi connectivity index (χ1n) is 6.11. The van der Waals surface area contributed by atoms with Crippen molar-refractivity contribution < 1.29 is 14.7 Å². The van der Waals surface area contributed by atoms with E-state index in [1.165, 1.54) is 0 Å². The van der Waals surface area contributed by atoms with Crippen LogP contribution in [-0.2, 0) is 16.1 Å². The second kappa shape index (κ2) is 5.20. The minimum absolute atomic E-state index is 0. The van der Waals surface area contributed by atoms with Crippen molar-refractivity contribution in [1.29, 1.82) is 0 Å². The number of carboxylic acids is 1. The molecule has 0 radical (unpaired) electrons. The molecule has 2 aromatic rings. The van der Waals surface area contributed by atoms with Crippen molar-refractivity contribution in [2.45, 2.75) is 25.4 Å². The third-order valence-electron chi connectivity index (χ3n) is 3.46. The molecular formula is C14H16N2O3S. The van der Waals surface area contributed by atoms with Gasteiger partial charge in [0.2, 0.25) is 5.60 Å². The highest BCUT2D eigenvalue weighted by Gasteiger charge is 2.46. The Bertz CT molecular complexity index is 680. The van der Waals surface area contributed by atoms with Gasteiger partial charge in [-0.1, -0.05) is 23.4 Å². The third kappa shape index (κ3) is 2.27. The number of fused-ring (bicyclic) bond motifs is 1. The summed E-state index contributed by atoms with van der Waals surface area (Å²) in [6.07, 6.45) is 2.46. The SMILES string of the molecule is CC1=NO[C@](Cc2c[nH]c3ccccc23)(C(=O)O)C1.S. The van der Waals surface area contributed by atoms with Gasteiger partial charge in [0, 0.05) is 29.9 Å². The second-order valence-electron chi connectivity index (χ2n) is 4.93. The van der Waals surface area contributed by atoms with Gasteiger partial charge in [-0.05, 0) is 18.6 Å². The molecule has 0 aliphatic carbocycles. The van der Waals surface area contributed by atoms with Crippen LogP contribution in [0.15, 0.2) is 35.6 Å². The molecule has 2 heterocycles. The summed E-state index contributed by atoms with van der Waals surface area (Å²) in [5.74, 6) is -0.974. The molecule has 3 rings (SSSR count). The summed E-state index contributed by atoms with van der Waals surface area (Å²) >= 11 is 0. The Morgan fingerprint density at radius 2 is 2.25 bits per heavy atom. The number of para-hydroxylation sites is 1. The van der Waals surface area contributed by atoms with E-state index in [0.29, 0.717) is 18.6 Å². The molecule has 6 heteroatoms. The van der Waals surface area contributed by atoms with Crippen LogP contribution in [0.2, 0.25) is 0 Å². The molecular weight excluding hydrogens is 276 g/mol. The highest BCUT2D eigenvalue weighted by atomic mass is 32.1. The van der Waals surface area contributed by atoms with Gasteiger partial charge in [-0.3, -0.25) is 0 Å². The van der Waals surface area contributed by atoms with Crippen molar-refractivity contribution in [3.8, 4) is 0 Å². The number of aliphatic carboxylic acids is 1. The van der Waals surface area contributed by atoms with Gasteiger partial charge in [0.05, 0.1) is 5.71 Å². The van der Waals surface area contributed by atoms with Crippen LogP contribution >= 0.6 is 13.5 Å². The number of carboxylic acid groups (broad SMARTS) is 1. The summed E-state index contributed by atoms with van der Waals surface area (Å²) in [6, 6.07) is 7.81. The molecule has 0 saturated carbocycles. The molecule has 1 aromatic carbocycles. The van der Waals surface area contributed by atoms with Crippen LogP contribution < -0.4 is 0 Å². The Kier molecular flexibility index (Phi) is 3.76. The third-order valence-corrected chi connectivity index (χ3v) is 3.46. The van der Waals surface area contributed by atoms with Gasteiger partial charge in [-0.2, -0.15) is 13.5 Å². The lowest BCUT2D eigenvalue weighted by Gasteiger charge is -2.21. The summed E-state index contributed by atoms with van der Waals surface area (Å²) in [7, 11) is 0. The molecule has 0 unspecified atom stereocenters. The number of aromatic amines is 1. The first-order valence-corrected chi connectivity index (χ1v) is 6.11. The fourth-order valence-electron chi connectivity index (χ4n) is 2.51. The zero-order chi connectivity index (χ0) is 13.5. The number of nitrogens with zero attached hydrogens (tertiary/aromatic N) is 1. The first-order chi connectivity index (χ1) is 9.11. The molecule has 0 fully saturated rings. The Balaban J connectivity index is 0.00000147. The minimum Gasteiger partial charge on any atom is -0.478 e. The summed E-state index contributed by atoms with van der Waals surface area (Å²) < 4.78 is 0. The lowest BCUT2D eigenvalue weighted by Crippen LogP contribution is -2.41. The fourth-order valence-corrected chi connectivity index (χ4v) is 2.51. The Morgan fingerprint density at radius 3 is 2.90 bits per heavy atom. The Hall–Kier alpha value is -1.95. The number of benzene rings is 1. The summed E-state index contributed by atoms with van der Waals surface area (Å²) in [6.45, 7) is 1.78. The van der Waals surface area contributed by atoms with E-state index in [0.717, 1.165) is 16.5 Å². The van der Waals surface area contributed by atoms with E-state index in [-0.39, 0.29) is 13.5 Å². The second-order valence-corrected chi connectivity index (χ2v) is 4.93. The quantitative estimate of drug-likeness (QED) is 0.912. The van der Waals surface area contributed by atoms with E-state index in [9.17, 15) is 9.90 Å². The zero-order valence-electron chi connectivity index (χ0n) is 11.0. The van der Waals surface area contributed by atoms with Crippen molar-refractivity contribution in [3.63, 3.8) is 0 Å². The number of hydrogen-bond donors (Lipinski definition) is 2. The van der Waals surface area contributed by atoms with Crippen molar-refractivity contribution in [3.05, 3.63) is 36.0 Å². The maximum atomic E-state index is 11.5. The van der Waals surface area contributed by atoms with Gasteiger partial charge in [0.25, 0.3) is 0 Å². The van der Waals surface area contributed by atoms with E-state index >= 15 is 0 Å². The number of hydrogen-bond acceptors (Lipinski definition) is 3. The Morgan fingerprint density at radius 1 is 1.50 bits per heavy atom. The molecule has 1 atom stereocenters. The lowest BCUT2D eigenvalue weighted by atomic mass is 9.90. The average Bonchev–Trinajstić information content (AvgIpc) is 2.96. The molecule has 0 bridgehead atoms. The standard InChI is InChI=1S/C14H14N2O3.H2S/c1-9-6-14(13(17)18,19-16-9)7-10-8-15-12-5-3-2-4-11(10)12;/h2-5,8,15H,6-7H2,1H3,(H,17,18);1H2/t14-;/m1./s1. The van der Waals surface area contributed by atoms with Crippen molar-refractivity contribution >= 4 is 36.1 Å². The molecule has 0 saturated heterocycles. The highest BCUT2D eigenvalue weighted by molar-refractivity contribution is 7.59. The van der Waals surface area contributed by atoms with Crippen LogP contribution in [0.3, 0.4) is 0 Å². The molecule has 20 heavy (non-hydrogen) atoms. The van der Waals surface area contributed by atoms with E-state index in [1.54, 1.807) is 6.92 Å². The van der Waals surface area contributed by atoms with Gasteiger partial charge < -0.3 is 14.9 Å². The number of carbonyl (C=O) groups is 1. The van der Waals surface area contributed by atoms with Crippen LogP contribution in [0.5, 0.6) is 0 Å². The van der Waals surface area contributed by atoms with Crippen molar-refractivity contribution in [1.82, 2.24) is 4.98 Å². The summed E-state index contributed by atoms with van der Waals surface area (Å²) in [4.78, 5) is 19.9. The van der Waals surface area contributed by atoms with Gasteiger partial charge in [-0.15, -0.1) is 0 Å². The molecule has 1 aromatic heterocycles. The van der Waals surface area contributed by atoms with Gasteiger partial charge in [0.15, 0.2) is 0 Å². The topological polar surface area (TPSA) is 74.7 Å². The number of H-pyrrole nitrogens is 1. The number of nitrogens with one attached hydrogen (secondary N) is 1. The van der Waals surface area contributed by atoms with Crippen molar-refractivity contribution in [2.24, 2.45) is 5.16 Å². The van der Waals surface area contributed by atoms with Gasteiger partial charge >= 0.3 is 5.97 Å². The van der Waals surface area contributed by atoms with Crippen LogP contribution in [0.25, 0.3) is 10.9 Å².